The molecule has 2 fully saturated rings. The predicted octanol–water partition coefficient (Wildman–Crippen LogP) is 5.07. The van der Waals surface area contributed by atoms with Crippen molar-refractivity contribution >= 4 is 17.5 Å². The summed E-state index contributed by atoms with van der Waals surface area (Å²) in [5.74, 6) is 0.309. The molecular formula is C34H34N2O7S. The maximum atomic E-state index is 13.1. The van der Waals surface area contributed by atoms with Crippen LogP contribution in [-0.2, 0) is 32.2 Å². The van der Waals surface area contributed by atoms with Crippen molar-refractivity contribution in [1.29, 1.82) is 0 Å². The molecule has 1 saturated heterocycles. The van der Waals surface area contributed by atoms with Crippen LogP contribution in [0.4, 0.5) is 0 Å². The summed E-state index contributed by atoms with van der Waals surface area (Å²) in [4.78, 5) is 27.7. The van der Waals surface area contributed by atoms with Crippen molar-refractivity contribution in [3.63, 3.8) is 0 Å². The number of aryl methyl sites for hydroxylation is 1. The van der Waals surface area contributed by atoms with Gasteiger partial charge in [0, 0.05) is 29.9 Å². The van der Waals surface area contributed by atoms with Crippen LogP contribution in [-0.4, -0.2) is 39.2 Å². The van der Waals surface area contributed by atoms with Gasteiger partial charge < -0.3 is 23.7 Å². The van der Waals surface area contributed by atoms with E-state index in [4.69, 9.17) is 35.9 Å². The van der Waals surface area contributed by atoms with E-state index >= 15 is 0 Å². The molecule has 1 saturated carbocycles. The number of rotatable bonds is 10. The lowest BCUT2D eigenvalue weighted by molar-refractivity contribution is -0.206. The molecule has 5 atom stereocenters. The molecule has 1 aliphatic carbocycles. The number of nitrogens with one attached hydrogen (secondary N) is 1. The third kappa shape index (κ3) is 6.39. The third-order valence-corrected chi connectivity index (χ3v) is 8.38. The average Bonchev–Trinajstić information content (AvgIpc) is 3.25. The normalized spacial score (nSPS) is 24.1. The van der Waals surface area contributed by atoms with E-state index < -0.39 is 35.3 Å². The fraction of sp³-hybridized carbons (Fsp3) is 0.324. The zero-order valence-electron chi connectivity index (χ0n) is 24.3. The fourth-order valence-electron chi connectivity index (χ4n) is 6.09. The van der Waals surface area contributed by atoms with Gasteiger partial charge in [0.25, 0.3) is 5.56 Å². The fourth-order valence-corrected chi connectivity index (χ4v) is 6.30. The standard InChI is InChI=1S/C34H34N2O7S/c1-23-19-36(32(38)35-30(23)37)31-27-17-18-28(42-33(44)41-26-15-9-4-10-16-26)34(43-31,22-39-20-24-11-5-2-6-12-24)29(27)40-21-25-13-7-3-8-14-25/h2-16,19,27-29,31H,17-18,20-22H2,1H3,(H,35,37,38)/t27-,28-,29+,31-,34+/m1/s1. The van der Waals surface area contributed by atoms with Crippen LogP contribution >= 0.6 is 12.2 Å². The van der Waals surface area contributed by atoms with Crippen LogP contribution in [0.2, 0.25) is 0 Å². The van der Waals surface area contributed by atoms with E-state index in [1.54, 1.807) is 25.3 Å². The van der Waals surface area contributed by atoms with Crippen molar-refractivity contribution in [2.24, 2.45) is 5.92 Å². The highest BCUT2D eigenvalue weighted by Crippen LogP contribution is 2.53. The summed E-state index contributed by atoms with van der Waals surface area (Å²) < 4.78 is 33.5. The molecule has 3 aromatic carbocycles. The van der Waals surface area contributed by atoms with Crippen molar-refractivity contribution in [3.05, 3.63) is 135 Å². The Morgan fingerprint density at radius 1 is 0.932 bits per heavy atom. The number of aromatic nitrogens is 2. The Kier molecular flexibility index (Phi) is 9.04. The Labute approximate surface area is 260 Å². The van der Waals surface area contributed by atoms with Crippen LogP contribution in [0.1, 0.15) is 35.8 Å². The van der Waals surface area contributed by atoms with Gasteiger partial charge in [-0.3, -0.25) is 14.3 Å². The molecule has 2 aliphatic rings. The van der Waals surface area contributed by atoms with E-state index in [1.165, 1.54) is 4.57 Å². The lowest BCUT2D eigenvalue weighted by Gasteiger charge is -2.43. The van der Waals surface area contributed by atoms with Crippen LogP contribution < -0.4 is 16.0 Å². The molecule has 0 amide bonds. The number of H-pyrrole nitrogens is 1. The molecule has 1 aliphatic heterocycles. The first kappa shape index (κ1) is 30.0. The molecule has 228 valence electrons. The van der Waals surface area contributed by atoms with Gasteiger partial charge in [-0.1, -0.05) is 78.9 Å². The number of ether oxygens (including phenoxy) is 5. The van der Waals surface area contributed by atoms with Crippen molar-refractivity contribution in [2.45, 2.75) is 57.0 Å². The molecule has 4 aromatic rings. The Balaban J connectivity index is 1.35. The van der Waals surface area contributed by atoms with Gasteiger partial charge in [0.1, 0.15) is 24.2 Å². The zero-order chi connectivity index (χ0) is 30.5. The Morgan fingerprint density at radius 3 is 2.25 bits per heavy atom. The second kappa shape index (κ2) is 13.3. The predicted molar refractivity (Wildman–Crippen MR) is 167 cm³/mol. The molecule has 2 bridgehead atoms. The van der Waals surface area contributed by atoms with Gasteiger partial charge >= 0.3 is 10.9 Å². The van der Waals surface area contributed by atoms with Crippen LogP contribution in [0.5, 0.6) is 5.75 Å². The number of benzene rings is 3. The summed E-state index contributed by atoms with van der Waals surface area (Å²) >= 11 is 5.55. The SMILES string of the molecule is Cc1cn([C@@H]2O[C@@]3(COCc4ccccc4)[C@H](OC(=S)Oc4ccccc4)CC[C@@H]2[C@@H]3OCc2ccccc2)c(=O)[nH]c1=O. The molecule has 1 aromatic heterocycles. The lowest BCUT2D eigenvalue weighted by Crippen LogP contribution is -2.59. The highest BCUT2D eigenvalue weighted by Gasteiger charge is 2.64. The second-order valence-electron chi connectivity index (χ2n) is 11.2. The number of nitrogens with zero attached hydrogens (tertiary/aromatic N) is 1. The quantitative estimate of drug-likeness (QED) is 0.247. The molecule has 44 heavy (non-hydrogen) atoms. The van der Waals surface area contributed by atoms with Gasteiger partial charge in [0.05, 0.1) is 19.8 Å². The molecule has 1 N–H and O–H groups in total. The highest BCUT2D eigenvalue weighted by atomic mass is 32.1. The molecule has 6 rings (SSSR count). The minimum atomic E-state index is -1.16. The average molecular weight is 615 g/mol. The molecule has 0 spiro atoms. The summed E-state index contributed by atoms with van der Waals surface area (Å²) in [5.41, 5.74) is 0.240. The van der Waals surface area contributed by atoms with Crippen molar-refractivity contribution in [1.82, 2.24) is 9.55 Å². The third-order valence-electron chi connectivity index (χ3n) is 8.20. The minimum Gasteiger partial charge on any atom is -0.450 e. The van der Waals surface area contributed by atoms with Crippen molar-refractivity contribution in [3.8, 4) is 5.75 Å². The van der Waals surface area contributed by atoms with Crippen LogP contribution in [0, 0.1) is 12.8 Å². The number of hydrogen-bond acceptors (Lipinski definition) is 8. The zero-order valence-corrected chi connectivity index (χ0v) is 25.1. The number of hydrogen-bond donors (Lipinski definition) is 1. The van der Waals surface area contributed by atoms with Crippen LogP contribution in [0.15, 0.2) is 107 Å². The topological polar surface area (TPSA) is 101 Å². The van der Waals surface area contributed by atoms with Crippen molar-refractivity contribution in [2.75, 3.05) is 6.61 Å². The monoisotopic (exact) mass is 614 g/mol. The van der Waals surface area contributed by atoms with Crippen molar-refractivity contribution < 1.29 is 23.7 Å². The summed E-state index contributed by atoms with van der Waals surface area (Å²) in [7, 11) is 0. The number of fused-ring (bicyclic) bond motifs is 2. The van der Waals surface area contributed by atoms with Gasteiger partial charge in [-0.05, 0) is 43.0 Å². The van der Waals surface area contributed by atoms with Gasteiger partial charge in [-0.25, -0.2) is 4.79 Å². The lowest BCUT2D eigenvalue weighted by atomic mass is 9.75. The minimum absolute atomic E-state index is 0.0482. The first-order chi connectivity index (χ1) is 21.4. The Hall–Kier alpha value is -4.09. The van der Waals surface area contributed by atoms with E-state index in [0.29, 0.717) is 37.4 Å². The van der Waals surface area contributed by atoms with Crippen LogP contribution in [0.25, 0.3) is 0 Å². The Bertz CT molecular complexity index is 1680. The van der Waals surface area contributed by atoms with Gasteiger partial charge in [-0.2, -0.15) is 0 Å². The Morgan fingerprint density at radius 2 is 1.57 bits per heavy atom. The van der Waals surface area contributed by atoms with E-state index in [0.717, 1.165) is 11.1 Å². The maximum Gasteiger partial charge on any atom is 0.358 e. The van der Waals surface area contributed by atoms with Gasteiger partial charge in [0.2, 0.25) is 0 Å². The largest absolute Gasteiger partial charge is 0.450 e. The van der Waals surface area contributed by atoms with E-state index in [1.807, 2.05) is 78.9 Å². The summed E-state index contributed by atoms with van der Waals surface area (Å²) in [5, 5.41) is -0.0482. The summed E-state index contributed by atoms with van der Waals surface area (Å²) in [6, 6.07) is 28.9. The summed E-state index contributed by atoms with van der Waals surface area (Å²) in [6.07, 6.45) is 0.802. The highest BCUT2D eigenvalue weighted by molar-refractivity contribution is 7.79. The molecule has 0 radical (unpaired) electrons. The number of para-hydroxylation sites is 1. The van der Waals surface area contributed by atoms with E-state index in [9.17, 15) is 9.59 Å². The number of aromatic amines is 1. The molecular weight excluding hydrogens is 580 g/mol. The first-order valence-corrected chi connectivity index (χ1v) is 15.0. The maximum absolute atomic E-state index is 13.1. The van der Waals surface area contributed by atoms with E-state index in [2.05, 4.69) is 4.98 Å². The molecule has 10 heteroatoms. The van der Waals surface area contributed by atoms with Gasteiger partial charge in [-0.15, -0.1) is 0 Å². The second-order valence-corrected chi connectivity index (χ2v) is 11.5. The van der Waals surface area contributed by atoms with E-state index in [-0.39, 0.29) is 17.8 Å². The number of thiocarbonyl (C=S) groups is 1. The van der Waals surface area contributed by atoms with Gasteiger partial charge in [0.15, 0.2) is 5.60 Å². The molecule has 0 unspecified atom stereocenters. The smallest absolute Gasteiger partial charge is 0.358 e. The first-order valence-electron chi connectivity index (χ1n) is 14.6. The molecule has 2 heterocycles. The van der Waals surface area contributed by atoms with Crippen LogP contribution in [0.3, 0.4) is 0 Å². The summed E-state index contributed by atoms with van der Waals surface area (Å²) in [6.45, 7) is 2.41. The molecule has 9 nitrogen and oxygen atoms in total.